The Morgan fingerprint density at radius 2 is 0.921 bits per heavy atom. The summed E-state index contributed by atoms with van der Waals surface area (Å²) in [6, 6.07) is 15.4. The van der Waals surface area contributed by atoms with E-state index in [4.69, 9.17) is 9.47 Å². The van der Waals surface area contributed by atoms with Gasteiger partial charge in [0, 0.05) is 0 Å². The van der Waals surface area contributed by atoms with E-state index in [0.717, 1.165) is 84.7 Å². The summed E-state index contributed by atoms with van der Waals surface area (Å²) in [4.78, 5) is 45.9. The fourth-order valence-corrected chi connectivity index (χ4v) is 5.94. The smallest absolute Gasteiger partial charge is 0.286 e. The second-order valence-electron chi connectivity index (χ2n) is 9.28. The van der Waals surface area contributed by atoms with Crippen LogP contribution in [0.15, 0.2) is 48.5 Å². The Hall–Kier alpha value is -2.98. The number of amides is 4. The first-order valence-corrected chi connectivity index (χ1v) is 14.7. The molecule has 2 unspecified atom stereocenters. The van der Waals surface area contributed by atoms with Crippen LogP contribution in [0, 0.1) is 0 Å². The minimum Gasteiger partial charge on any atom is -0.494 e. The predicted octanol–water partition coefficient (Wildman–Crippen LogP) is 5.27. The van der Waals surface area contributed by atoms with Crippen LogP contribution < -0.4 is 20.1 Å². The zero-order valence-corrected chi connectivity index (χ0v) is 22.7. The van der Waals surface area contributed by atoms with Gasteiger partial charge in [-0.2, -0.15) is 0 Å². The molecule has 2 fully saturated rings. The molecule has 10 heteroatoms. The summed E-state index contributed by atoms with van der Waals surface area (Å²) < 4.78 is 11.6. The van der Waals surface area contributed by atoms with Gasteiger partial charge >= 0.3 is 0 Å². The highest BCUT2D eigenvalue weighted by Crippen LogP contribution is 2.25. The van der Waals surface area contributed by atoms with E-state index in [-0.39, 0.29) is 32.8 Å². The maximum absolute atomic E-state index is 11.7. The van der Waals surface area contributed by atoms with Gasteiger partial charge in [0.25, 0.3) is 10.5 Å². The molecule has 2 saturated heterocycles. The van der Waals surface area contributed by atoms with E-state index in [9.17, 15) is 19.2 Å². The number of nitrogens with one attached hydrogen (secondary N) is 2. The lowest BCUT2D eigenvalue weighted by Crippen LogP contribution is -2.25. The topological polar surface area (TPSA) is 111 Å². The highest BCUT2D eigenvalue weighted by molar-refractivity contribution is 8.15. The standard InChI is InChI=1S/C28H32N2O6S2/c31-25-23(37-27(33)29-25)17-19-7-11-21(12-8-19)35-15-5-3-1-2-4-6-16-36-22-13-9-20(10-14-22)18-24-26(32)30-28(34)38-24/h7-14,23-24H,1-6,15-18H2,(H,29,31,33)(H,30,32,34). The Bertz CT molecular complexity index is 1030. The molecule has 0 aromatic heterocycles. The molecule has 2 aromatic carbocycles. The van der Waals surface area contributed by atoms with Crippen molar-refractivity contribution >= 4 is 45.8 Å². The monoisotopic (exact) mass is 556 g/mol. The summed E-state index contributed by atoms with van der Waals surface area (Å²) in [5.41, 5.74) is 2.02. The molecular weight excluding hydrogens is 524 g/mol. The van der Waals surface area contributed by atoms with Crippen molar-refractivity contribution in [3.05, 3.63) is 59.7 Å². The van der Waals surface area contributed by atoms with Gasteiger partial charge in [-0.3, -0.25) is 29.8 Å². The Kier molecular flexibility index (Phi) is 10.5. The normalized spacial score (nSPS) is 18.9. The average Bonchev–Trinajstić information content (AvgIpc) is 3.39. The van der Waals surface area contributed by atoms with Gasteiger partial charge in [0.15, 0.2) is 0 Å². The van der Waals surface area contributed by atoms with Gasteiger partial charge in [-0.15, -0.1) is 0 Å². The van der Waals surface area contributed by atoms with Gasteiger partial charge < -0.3 is 9.47 Å². The molecule has 38 heavy (non-hydrogen) atoms. The van der Waals surface area contributed by atoms with Crippen molar-refractivity contribution in [2.45, 2.75) is 61.9 Å². The maximum atomic E-state index is 11.7. The highest BCUT2D eigenvalue weighted by atomic mass is 32.2. The zero-order valence-electron chi connectivity index (χ0n) is 21.1. The Morgan fingerprint density at radius 1 is 0.553 bits per heavy atom. The second kappa shape index (κ2) is 14.2. The molecule has 2 heterocycles. The van der Waals surface area contributed by atoms with E-state index in [0.29, 0.717) is 26.1 Å². The molecule has 0 saturated carbocycles. The van der Waals surface area contributed by atoms with Crippen LogP contribution in [-0.4, -0.2) is 46.0 Å². The van der Waals surface area contributed by atoms with Crippen LogP contribution in [0.4, 0.5) is 9.59 Å². The van der Waals surface area contributed by atoms with Gasteiger partial charge in [0.2, 0.25) is 11.8 Å². The number of unbranched alkanes of at least 4 members (excludes halogenated alkanes) is 5. The number of ether oxygens (including phenoxy) is 2. The molecule has 2 atom stereocenters. The first-order valence-electron chi connectivity index (χ1n) is 12.9. The van der Waals surface area contributed by atoms with E-state index < -0.39 is 0 Å². The predicted molar refractivity (Wildman–Crippen MR) is 149 cm³/mol. The van der Waals surface area contributed by atoms with Crippen LogP contribution in [0.5, 0.6) is 11.5 Å². The van der Waals surface area contributed by atoms with Crippen molar-refractivity contribution in [1.29, 1.82) is 0 Å². The van der Waals surface area contributed by atoms with Crippen molar-refractivity contribution in [1.82, 2.24) is 10.6 Å². The number of hydrogen-bond acceptors (Lipinski definition) is 8. The van der Waals surface area contributed by atoms with Crippen LogP contribution in [0.25, 0.3) is 0 Å². The molecule has 0 aliphatic carbocycles. The summed E-state index contributed by atoms with van der Waals surface area (Å²) >= 11 is 2.09. The molecule has 2 N–H and O–H groups in total. The van der Waals surface area contributed by atoms with E-state index in [2.05, 4.69) is 10.6 Å². The number of carbonyl (C=O) groups is 4. The quantitative estimate of drug-likeness (QED) is 0.285. The van der Waals surface area contributed by atoms with Crippen molar-refractivity contribution in [2.24, 2.45) is 0 Å². The Morgan fingerprint density at radius 3 is 1.26 bits per heavy atom. The van der Waals surface area contributed by atoms with Crippen LogP contribution in [0.2, 0.25) is 0 Å². The fraction of sp³-hybridized carbons (Fsp3) is 0.429. The maximum Gasteiger partial charge on any atom is 0.286 e. The summed E-state index contributed by atoms with van der Waals surface area (Å²) in [5.74, 6) is 1.20. The number of benzene rings is 2. The first-order chi connectivity index (χ1) is 18.5. The fourth-order valence-electron chi connectivity index (χ4n) is 4.22. The van der Waals surface area contributed by atoms with Crippen LogP contribution in [-0.2, 0) is 22.4 Å². The average molecular weight is 557 g/mol. The van der Waals surface area contributed by atoms with Crippen molar-refractivity contribution in [3.8, 4) is 11.5 Å². The van der Waals surface area contributed by atoms with E-state index >= 15 is 0 Å². The molecule has 0 spiro atoms. The molecule has 0 radical (unpaired) electrons. The summed E-state index contributed by atoms with van der Waals surface area (Å²) in [6.45, 7) is 1.35. The van der Waals surface area contributed by atoms with Crippen LogP contribution in [0.1, 0.15) is 49.7 Å². The summed E-state index contributed by atoms with van der Waals surface area (Å²) in [6.07, 6.45) is 7.62. The van der Waals surface area contributed by atoms with Crippen LogP contribution in [0.3, 0.4) is 0 Å². The highest BCUT2D eigenvalue weighted by Gasteiger charge is 2.32. The lowest BCUT2D eigenvalue weighted by atomic mass is 10.1. The van der Waals surface area contributed by atoms with Gasteiger partial charge in [-0.25, -0.2) is 0 Å². The Balaban J connectivity index is 0.992. The number of hydrogen-bond donors (Lipinski definition) is 2. The molecule has 2 aliphatic rings. The lowest BCUT2D eigenvalue weighted by Gasteiger charge is -2.09. The lowest BCUT2D eigenvalue weighted by molar-refractivity contribution is -0.119. The van der Waals surface area contributed by atoms with E-state index in [1.807, 2.05) is 48.5 Å². The van der Waals surface area contributed by atoms with Gasteiger partial charge in [0.1, 0.15) is 11.5 Å². The summed E-state index contributed by atoms with van der Waals surface area (Å²) in [7, 11) is 0. The first kappa shape index (κ1) is 28.0. The summed E-state index contributed by atoms with van der Waals surface area (Å²) in [5, 5.41) is 3.38. The van der Waals surface area contributed by atoms with Gasteiger partial charge in [0.05, 0.1) is 23.7 Å². The third kappa shape index (κ3) is 8.80. The van der Waals surface area contributed by atoms with E-state index in [1.54, 1.807) is 0 Å². The minimum absolute atomic E-state index is 0.216. The molecular formula is C28H32N2O6S2. The largest absolute Gasteiger partial charge is 0.494 e. The molecule has 202 valence electrons. The third-order valence-electron chi connectivity index (χ3n) is 6.30. The second-order valence-corrected chi connectivity index (χ2v) is 11.6. The molecule has 8 nitrogen and oxygen atoms in total. The van der Waals surface area contributed by atoms with Crippen LogP contribution >= 0.6 is 23.5 Å². The van der Waals surface area contributed by atoms with Gasteiger partial charge in [-0.05, 0) is 61.1 Å². The number of imide groups is 2. The molecule has 4 amide bonds. The molecule has 2 aliphatic heterocycles. The molecule has 2 aromatic rings. The molecule has 4 rings (SSSR count). The number of rotatable bonds is 15. The number of thioether (sulfide) groups is 2. The minimum atomic E-state index is -0.347. The van der Waals surface area contributed by atoms with E-state index in [1.165, 1.54) is 0 Å². The third-order valence-corrected chi connectivity index (χ3v) is 8.26. The number of carbonyl (C=O) groups excluding carboxylic acids is 4. The van der Waals surface area contributed by atoms with Crippen molar-refractivity contribution in [2.75, 3.05) is 13.2 Å². The van der Waals surface area contributed by atoms with Crippen molar-refractivity contribution in [3.63, 3.8) is 0 Å². The zero-order chi connectivity index (χ0) is 26.7. The molecule has 0 bridgehead atoms. The van der Waals surface area contributed by atoms with Gasteiger partial charge in [-0.1, -0.05) is 73.5 Å². The Labute approximate surface area is 231 Å². The van der Waals surface area contributed by atoms with Crippen molar-refractivity contribution < 1.29 is 28.7 Å². The SMILES string of the molecule is O=C1NC(=O)C(Cc2ccc(OCCCCCCCCOc3ccc(CC4SC(=O)NC4=O)cc3)cc2)S1.